The molecule has 2 heterocycles. The maximum Gasteiger partial charge on any atom is 0.0897 e. The second-order valence-electron chi connectivity index (χ2n) is 5.01. The van der Waals surface area contributed by atoms with Gasteiger partial charge in [0.1, 0.15) is 0 Å². The molecule has 1 unspecified atom stereocenters. The summed E-state index contributed by atoms with van der Waals surface area (Å²) in [5.41, 5.74) is 1.05. The minimum absolute atomic E-state index is 0.112. The molecule has 2 rings (SSSR count). The van der Waals surface area contributed by atoms with Crippen molar-refractivity contribution in [3.63, 3.8) is 0 Å². The molecule has 0 aliphatic carbocycles. The molecule has 0 bridgehead atoms. The third-order valence-electron chi connectivity index (χ3n) is 3.83. The molecule has 1 aromatic heterocycles. The summed E-state index contributed by atoms with van der Waals surface area (Å²) in [7, 11) is 2.01. The zero-order valence-corrected chi connectivity index (χ0v) is 12.9. The number of aromatic nitrogens is 1. The molecule has 1 aliphatic rings. The first-order chi connectivity index (χ1) is 9.20. The van der Waals surface area contributed by atoms with Crippen LogP contribution >= 0.6 is 11.3 Å². The zero-order valence-electron chi connectivity index (χ0n) is 12.1. The predicted molar refractivity (Wildman–Crippen MR) is 77.8 cm³/mol. The summed E-state index contributed by atoms with van der Waals surface area (Å²) in [5.74, 6) is 0. The van der Waals surface area contributed by atoms with E-state index in [1.807, 2.05) is 7.05 Å². The van der Waals surface area contributed by atoms with Gasteiger partial charge in [0.15, 0.2) is 0 Å². The summed E-state index contributed by atoms with van der Waals surface area (Å²) in [6.45, 7) is 6.43. The Balaban J connectivity index is 2.12. The smallest absolute Gasteiger partial charge is 0.0897 e. The Morgan fingerprint density at radius 3 is 2.79 bits per heavy atom. The standard InChI is InChI=1S/C14H24N2O2S/c1-4-18-14(5-7-17-8-6-14)13(15-3)9-12-10-19-11(2)16-12/h10,13,15H,4-9H2,1-3H3. The van der Waals surface area contributed by atoms with Crippen molar-refractivity contribution >= 4 is 11.3 Å². The second kappa shape index (κ2) is 6.79. The Morgan fingerprint density at radius 2 is 2.26 bits per heavy atom. The van der Waals surface area contributed by atoms with Crippen LogP contribution in [-0.2, 0) is 15.9 Å². The molecule has 1 atom stereocenters. The van der Waals surface area contributed by atoms with E-state index in [1.54, 1.807) is 11.3 Å². The Kier molecular flexibility index (Phi) is 5.33. The number of aryl methyl sites for hydroxylation is 1. The van der Waals surface area contributed by atoms with Gasteiger partial charge in [-0.1, -0.05) is 0 Å². The molecule has 0 aromatic carbocycles. The van der Waals surface area contributed by atoms with E-state index in [-0.39, 0.29) is 11.6 Å². The van der Waals surface area contributed by atoms with Crippen LogP contribution in [0.5, 0.6) is 0 Å². The highest BCUT2D eigenvalue weighted by atomic mass is 32.1. The van der Waals surface area contributed by atoms with Crippen LogP contribution in [0.3, 0.4) is 0 Å². The van der Waals surface area contributed by atoms with E-state index in [0.29, 0.717) is 0 Å². The fraction of sp³-hybridized carbons (Fsp3) is 0.786. The molecule has 5 heteroatoms. The molecule has 1 fully saturated rings. The normalized spacial score (nSPS) is 20.4. The summed E-state index contributed by atoms with van der Waals surface area (Å²) in [5, 5.41) is 6.72. The lowest BCUT2D eigenvalue weighted by molar-refractivity contribution is -0.125. The van der Waals surface area contributed by atoms with Gasteiger partial charge in [-0.05, 0) is 20.9 Å². The van der Waals surface area contributed by atoms with Gasteiger partial charge in [-0.15, -0.1) is 11.3 Å². The molecule has 1 saturated heterocycles. The molecule has 1 aromatic rings. The second-order valence-corrected chi connectivity index (χ2v) is 6.08. The molecule has 0 radical (unpaired) electrons. The lowest BCUT2D eigenvalue weighted by Crippen LogP contribution is -2.55. The van der Waals surface area contributed by atoms with Gasteiger partial charge in [-0.25, -0.2) is 4.98 Å². The van der Waals surface area contributed by atoms with Crippen molar-refractivity contribution in [2.45, 2.75) is 44.8 Å². The summed E-state index contributed by atoms with van der Waals surface area (Å²) in [4.78, 5) is 4.58. The first kappa shape index (κ1) is 14.9. The third kappa shape index (κ3) is 3.54. The maximum atomic E-state index is 6.14. The fourth-order valence-electron chi connectivity index (χ4n) is 2.86. The van der Waals surface area contributed by atoms with Gasteiger partial charge in [-0.2, -0.15) is 0 Å². The van der Waals surface area contributed by atoms with E-state index in [1.165, 1.54) is 0 Å². The number of rotatable bonds is 6. The Labute approximate surface area is 119 Å². The monoisotopic (exact) mass is 284 g/mol. The van der Waals surface area contributed by atoms with Gasteiger partial charge in [-0.3, -0.25) is 0 Å². The van der Waals surface area contributed by atoms with Crippen LogP contribution in [0.15, 0.2) is 5.38 Å². The van der Waals surface area contributed by atoms with Crippen molar-refractivity contribution in [3.05, 3.63) is 16.1 Å². The molecular weight excluding hydrogens is 260 g/mol. The van der Waals surface area contributed by atoms with Crippen LogP contribution < -0.4 is 5.32 Å². The number of ether oxygens (including phenoxy) is 2. The molecular formula is C14H24N2O2S. The highest BCUT2D eigenvalue weighted by Crippen LogP contribution is 2.31. The van der Waals surface area contributed by atoms with Crippen LogP contribution in [0.2, 0.25) is 0 Å². The van der Waals surface area contributed by atoms with Crippen molar-refractivity contribution in [1.82, 2.24) is 10.3 Å². The average molecular weight is 284 g/mol. The molecule has 4 nitrogen and oxygen atoms in total. The van der Waals surface area contributed by atoms with Crippen LogP contribution in [0.1, 0.15) is 30.5 Å². The number of thiazole rings is 1. The number of nitrogens with zero attached hydrogens (tertiary/aromatic N) is 1. The van der Waals surface area contributed by atoms with E-state index >= 15 is 0 Å². The van der Waals surface area contributed by atoms with E-state index in [2.05, 4.69) is 29.5 Å². The summed E-state index contributed by atoms with van der Waals surface area (Å²) in [6, 6.07) is 0.290. The van der Waals surface area contributed by atoms with Crippen LogP contribution in [0.25, 0.3) is 0 Å². The van der Waals surface area contributed by atoms with Crippen LogP contribution in [0.4, 0.5) is 0 Å². The lowest BCUT2D eigenvalue weighted by atomic mass is 9.83. The van der Waals surface area contributed by atoms with E-state index in [9.17, 15) is 0 Å². The first-order valence-corrected chi connectivity index (χ1v) is 7.88. The topological polar surface area (TPSA) is 43.4 Å². The van der Waals surface area contributed by atoms with Gasteiger partial charge in [0.05, 0.1) is 16.3 Å². The lowest BCUT2D eigenvalue weighted by Gasteiger charge is -2.43. The van der Waals surface area contributed by atoms with Gasteiger partial charge in [0.2, 0.25) is 0 Å². The van der Waals surface area contributed by atoms with E-state index in [0.717, 1.165) is 49.8 Å². The van der Waals surface area contributed by atoms with Crippen LogP contribution in [-0.4, -0.2) is 43.5 Å². The summed E-state index contributed by atoms with van der Waals surface area (Å²) in [6.07, 6.45) is 2.83. The Bertz CT molecular complexity index is 383. The van der Waals surface area contributed by atoms with E-state index < -0.39 is 0 Å². The molecule has 108 valence electrons. The molecule has 0 amide bonds. The van der Waals surface area contributed by atoms with Gasteiger partial charge < -0.3 is 14.8 Å². The molecule has 1 aliphatic heterocycles. The third-order valence-corrected chi connectivity index (χ3v) is 4.66. The molecule has 1 N–H and O–H groups in total. The molecule has 0 spiro atoms. The first-order valence-electron chi connectivity index (χ1n) is 7.00. The largest absolute Gasteiger partial charge is 0.381 e. The van der Waals surface area contributed by atoms with Crippen molar-refractivity contribution in [1.29, 1.82) is 0 Å². The number of nitrogens with one attached hydrogen (secondary N) is 1. The number of hydrogen-bond donors (Lipinski definition) is 1. The number of hydrogen-bond acceptors (Lipinski definition) is 5. The Hall–Kier alpha value is -0.490. The zero-order chi connectivity index (χ0) is 13.7. The maximum absolute atomic E-state index is 6.14. The van der Waals surface area contributed by atoms with Crippen molar-refractivity contribution in [2.75, 3.05) is 26.9 Å². The minimum atomic E-state index is -0.112. The summed E-state index contributed by atoms with van der Waals surface area (Å²) < 4.78 is 11.6. The Morgan fingerprint density at radius 1 is 1.53 bits per heavy atom. The fourth-order valence-corrected chi connectivity index (χ4v) is 3.49. The predicted octanol–water partition coefficient (Wildman–Crippen LogP) is 2.17. The number of likely N-dealkylation sites (N-methyl/N-ethyl adjacent to an activating group) is 1. The van der Waals surface area contributed by atoms with Gasteiger partial charge >= 0.3 is 0 Å². The quantitative estimate of drug-likeness (QED) is 0.869. The van der Waals surface area contributed by atoms with Crippen LogP contribution in [0, 0.1) is 6.92 Å². The highest BCUT2D eigenvalue weighted by Gasteiger charge is 2.40. The molecule has 19 heavy (non-hydrogen) atoms. The van der Waals surface area contributed by atoms with Crippen molar-refractivity contribution < 1.29 is 9.47 Å². The molecule has 0 saturated carbocycles. The van der Waals surface area contributed by atoms with Crippen molar-refractivity contribution in [3.8, 4) is 0 Å². The average Bonchev–Trinajstić information content (AvgIpc) is 2.83. The van der Waals surface area contributed by atoms with Gasteiger partial charge in [0.25, 0.3) is 0 Å². The SMILES string of the molecule is CCOC1(C(Cc2csc(C)n2)NC)CCOCC1. The minimum Gasteiger partial charge on any atom is -0.381 e. The summed E-state index contributed by atoms with van der Waals surface area (Å²) >= 11 is 1.71. The van der Waals surface area contributed by atoms with Crippen molar-refractivity contribution in [2.24, 2.45) is 0 Å². The highest BCUT2D eigenvalue weighted by molar-refractivity contribution is 7.09. The van der Waals surface area contributed by atoms with E-state index in [4.69, 9.17) is 9.47 Å². The van der Waals surface area contributed by atoms with Gasteiger partial charge in [0, 0.05) is 50.5 Å².